The van der Waals surface area contributed by atoms with Crippen LogP contribution in [0.15, 0.2) is 18.2 Å². The molecular formula is C20H21N3O5S. The highest BCUT2D eigenvalue weighted by Crippen LogP contribution is 2.38. The zero-order chi connectivity index (χ0) is 19.8. The van der Waals surface area contributed by atoms with E-state index in [-0.39, 0.29) is 24.5 Å². The van der Waals surface area contributed by atoms with Crippen LogP contribution in [0.5, 0.6) is 11.5 Å². The normalized spacial score (nSPS) is 20.3. The number of hydrogen-bond acceptors (Lipinski definition) is 7. The Morgan fingerprint density at radius 1 is 1.17 bits per heavy atom. The van der Waals surface area contributed by atoms with Gasteiger partial charge in [0.25, 0.3) is 5.91 Å². The molecule has 1 aromatic heterocycles. The van der Waals surface area contributed by atoms with Gasteiger partial charge in [-0.2, -0.15) is 0 Å². The van der Waals surface area contributed by atoms with Crippen LogP contribution in [0.4, 0.5) is 5.13 Å². The third-order valence-corrected chi connectivity index (χ3v) is 6.48. The Morgan fingerprint density at radius 3 is 2.86 bits per heavy atom. The van der Waals surface area contributed by atoms with Gasteiger partial charge < -0.3 is 19.1 Å². The minimum Gasteiger partial charge on any atom is -0.454 e. The van der Waals surface area contributed by atoms with Crippen molar-refractivity contribution >= 4 is 28.3 Å². The van der Waals surface area contributed by atoms with Crippen LogP contribution in [-0.2, 0) is 16.0 Å². The molecule has 1 N–H and O–H groups in total. The van der Waals surface area contributed by atoms with E-state index in [0.29, 0.717) is 48.5 Å². The number of fused-ring (bicyclic) bond motifs is 2. The molecule has 5 rings (SSSR count). The molecular weight excluding hydrogens is 394 g/mol. The summed E-state index contributed by atoms with van der Waals surface area (Å²) < 4.78 is 16.0. The number of nitrogens with zero attached hydrogens (tertiary/aromatic N) is 2. The van der Waals surface area contributed by atoms with E-state index >= 15 is 0 Å². The highest BCUT2D eigenvalue weighted by Gasteiger charge is 2.34. The summed E-state index contributed by atoms with van der Waals surface area (Å²) in [6.07, 6.45) is 2.63. The molecule has 2 aliphatic heterocycles. The molecule has 0 saturated carbocycles. The summed E-state index contributed by atoms with van der Waals surface area (Å²) in [5, 5.41) is 3.40. The van der Waals surface area contributed by atoms with Gasteiger partial charge in [0.2, 0.25) is 12.7 Å². The van der Waals surface area contributed by atoms with E-state index in [2.05, 4.69) is 10.3 Å². The average molecular weight is 415 g/mol. The summed E-state index contributed by atoms with van der Waals surface area (Å²) in [5.41, 5.74) is 1.29. The third kappa shape index (κ3) is 3.56. The van der Waals surface area contributed by atoms with E-state index < -0.39 is 0 Å². The summed E-state index contributed by atoms with van der Waals surface area (Å²) in [4.78, 5) is 33.3. The highest BCUT2D eigenvalue weighted by molar-refractivity contribution is 7.16. The molecule has 1 aliphatic carbocycles. The number of thiazole rings is 1. The summed E-state index contributed by atoms with van der Waals surface area (Å²) in [6, 6.07) is 5.08. The maximum absolute atomic E-state index is 13.0. The first-order valence-corrected chi connectivity index (χ1v) is 10.6. The molecule has 3 heterocycles. The van der Waals surface area contributed by atoms with Crippen molar-refractivity contribution in [3.05, 3.63) is 34.3 Å². The highest BCUT2D eigenvalue weighted by atomic mass is 32.1. The van der Waals surface area contributed by atoms with Gasteiger partial charge in [-0.1, -0.05) is 0 Å². The van der Waals surface area contributed by atoms with Crippen molar-refractivity contribution in [2.24, 2.45) is 0 Å². The minimum atomic E-state index is -0.259. The first kappa shape index (κ1) is 18.4. The number of aryl methyl sites for hydroxylation is 1. The van der Waals surface area contributed by atoms with Gasteiger partial charge in [-0.05, 0) is 37.5 Å². The van der Waals surface area contributed by atoms with Crippen molar-refractivity contribution in [1.82, 2.24) is 9.88 Å². The smallest absolute Gasteiger partial charge is 0.257 e. The number of nitrogens with one attached hydrogen (secondary N) is 1. The fourth-order valence-electron chi connectivity index (χ4n) is 3.92. The topological polar surface area (TPSA) is 90.0 Å². The Bertz CT molecular complexity index is 954. The molecule has 9 heteroatoms. The fraction of sp³-hybridized carbons (Fsp3) is 0.450. The van der Waals surface area contributed by atoms with Crippen LogP contribution in [0, 0.1) is 0 Å². The Hall–Kier alpha value is -2.65. The molecule has 2 amide bonds. The molecule has 1 atom stereocenters. The number of carbonyl (C=O) groups is 2. The number of hydrogen-bond donors (Lipinski definition) is 1. The monoisotopic (exact) mass is 415 g/mol. The molecule has 3 aliphatic rings. The van der Waals surface area contributed by atoms with Crippen LogP contribution in [0.1, 0.15) is 39.7 Å². The van der Waals surface area contributed by atoms with Crippen LogP contribution < -0.4 is 14.8 Å². The number of aromatic nitrogens is 1. The molecule has 2 aromatic rings. The van der Waals surface area contributed by atoms with E-state index in [4.69, 9.17) is 14.2 Å². The fourth-order valence-corrected chi connectivity index (χ4v) is 4.98. The quantitative estimate of drug-likeness (QED) is 0.828. The van der Waals surface area contributed by atoms with Crippen molar-refractivity contribution in [2.75, 3.05) is 38.4 Å². The number of amides is 2. The Morgan fingerprint density at radius 2 is 2.00 bits per heavy atom. The van der Waals surface area contributed by atoms with E-state index in [9.17, 15) is 9.59 Å². The van der Waals surface area contributed by atoms with Gasteiger partial charge in [0.1, 0.15) is 0 Å². The number of rotatable bonds is 3. The number of benzene rings is 1. The molecule has 29 heavy (non-hydrogen) atoms. The second kappa shape index (κ2) is 7.64. The Kier molecular flexibility index (Phi) is 4.84. The lowest BCUT2D eigenvalue weighted by Crippen LogP contribution is -2.43. The molecule has 1 fully saturated rings. The Labute approximate surface area is 171 Å². The third-order valence-electron chi connectivity index (χ3n) is 5.43. The lowest BCUT2D eigenvalue weighted by molar-refractivity contribution is -0.137. The van der Waals surface area contributed by atoms with E-state index in [1.807, 2.05) is 4.90 Å². The largest absolute Gasteiger partial charge is 0.454 e. The SMILES string of the molecule is O=C(Nc1nc2c(s1)CCC[C@@H]2C(=O)N1CCOCC1)c1ccc2c(c1)OCO2. The van der Waals surface area contributed by atoms with Crippen molar-refractivity contribution in [1.29, 1.82) is 0 Å². The van der Waals surface area contributed by atoms with Crippen molar-refractivity contribution in [3.8, 4) is 11.5 Å². The molecule has 0 bridgehead atoms. The van der Waals surface area contributed by atoms with Gasteiger partial charge in [-0.25, -0.2) is 4.98 Å². The number of anilines is 1. The maximum Gasteiger partial charge on any atom is 0.257 e. The van der Waals surface area contributed by atoms with Crippen LogP contribution in [-0.4, -0.2) is 54.8 Å². The molecule has 0 spiro atoms. The van der Waals surface area contributed by atoms with Gasteiger partial charge in [0, 0.05) is 23.5 Å². The average Bonchev–Trinajstić information content (AvgIpc) is 3.39. The molecule has 152 valence electrons. The molecule has 1 saturated heterocycles. The molecule has 0 unspecified atom stereocenters. The number of morpholine rings is 1. The molecule has 8 nitrogen and oxygen atoms in total. The van der Waals surface area contributed by atoms with Crippen LogP contribution in [0.25, 0.3) is 0 Å². The number of carbonyl (C=O) groups excluding carboxylic acids is 2. The number of ether oxygens (including phenoxy) is 3. The van der Waals surface area contributed by atoms with Gasteiger partial charge in [-0.3, -0.25) is 14.9 Å². The second-order valence-electron chi connectivity index (χ2n) is 7.23. The zero-order valence-electron chi connectivity index (χ0n) is 15.8. The minimum absolute atomic E-state index is 0.119. The first-order valence-electron chi connectivity index (χ1n) is 9.76. The van der Waals surface area contributed by atoms with Gasteiger partial charge in [-0.15, -0.1) is 11.3 Å². The second-order valence-corrected chi connectivity index (χ2v) is 8.32. The summed E-state index contributed by atoms with van der Waals surface area (Å²) in [7, 11) is 0. The predicted octanol–water partition coefficient (Wildman–Crippen LogP) is 2.40. The van der Waals surface area contributed by atoms with Gasteiger partial charge in [0.15, 0.2) is 16.6 Å². The van der Waals surface area contributed by atoms with E-state index in [0.717, 1.165) is 29.8 Å². The van der Waals surface area contributed by atoms with E-state index in [1.54, 1.807) is 18.2 Å². The standard InChI is InChI=1S/C20H21N3O5S/c24-18(12-4-5-14-15(10-12)28-11-27-14)22-20-21-17-13(2-1-3-16(17)29-20)19(25)23-6-8-26-9-7-23/h4-5,10,13H,1-3,6-9,11H2,(H,21,22,24)/t13-/m0/s1. The maximum atomic E-state index is 13.0. The van der Waals surface area contributed by atoms with Crippen LogP contribution in [0.2, 0.25) is 0 Å². The summed E-state index contributed by atoms with van der Waals surface area (Å²) >= 11 is 1.46. The molecule has 0 radical (unpaired) electrons. The Balaban J connectivity index is 1.33. The van der Waals surface area contributed by atoms with Crippen LogP contribution in [0.3, 0.4) is 0 Å². The van der Waals surface area contributed by atoms with Crippen molar-refractivity contribution < 1.29 is 23.8 Å². The lowest BCUT2D eigenvalue weighted by atomic mass is 9.90. The lowest BCUT2D eigenvalue weighted by Gasteiger charge is -2.31. The molecule has 1 aromatic carbocycles. The van der Waals surface area contributed by atoms with Crippen molar-refractivity contribution in [2.45, 2.75) is 25.2 Å². The summed E-state index contributed by atoms with van der Waals surface area (Å²) in [6.45, 7) is 2.58. The van der Waals surface area contributed by atoms with E-state index in [1.165, 1.54) is 11.3 Å². The predicted molar refractivity (Wildman–Crippen MR) is 106 cm³/mol. The first-order chi connectivity index (χ1) is 14.2. The van der Waals surface area contributed by atoms with Gasteiger partial charge >= 0.3 is 0 Å². The summed E-state index contributed by atoms with van der Waals surface area (Å²) in [5.74, 6) is 0.825. The van der Waals surface area contributed by atoms with Crippen molar-refractivity contribution in [3.63, 3.8) is 0 Å². The van der Waals surface area contributed by atoms with Gasteiger partial charge in [0.05, 0.1) is 24.8 Å². The van der Waals surface area contributed by atoms with Crippen LogP contribution >= 0.6 is 11.3 Å². The zero-order valence-corrected chi connectivity index (χ0v) is 16.6.